The van der Waals surface area contributed by atoms with E-state index < -0.39 is 0 Å². The summed E-state index contributed by atoms with van der Waals surface area (Å²) in [7, 11) is 4.88. The van der Waals surface area contributed by atoms with Gasteiger partial charge in [0.2, 0.25) is 0 Å². The molecular weight excluding hydrogens is 292 g/mol. The third-order valence-corrected chi connectivity index (χ3v) is 3.20. The lowest BCUT2D eigenvalue weighted by molar-refractivity contribution is 0.0737. The third-order valence-electron chi connectivity index (χ3n) is 3.20. The Morgan fingerprint density at radius 3 is 2.38 bits per heavy atom. The lowest BCUT2D eigenvalue weighted by Crippen LogP contribution is -2.39. The summed E-state index contributed by atoms with van der Waals surface area (Å²) >= 11 is 0. The first kappa shape index (κ1) is 19.5. The molecule has 0 saturated heterocycles. The van der Waals surface area contributed by atoms with Crippen LogP contribution in [0.3, 0.4) is 0 Å². The monoisotopic (exact) mass is 316 g/mol. The number of rotatable bonds is 6. The van der Waals surface area contributed by atoms with Crippen molar-refractivity contribution in [2.24, 2.45) is 11.1 Å². The molecule has 0 heterocycles. The van der Waals surface area contributed by atoms with Crippen molar-refractivity contribution in [1.82, 2.24) is 4.90 Å². The highest BCUT2D eigenvalue weighted by molar-refractivity contribution is 5.97. The number of benzene rings is 1. The smallest absolute Gasteiger partial charge is 0.257 e. The van der Waals surface area contributed by atoms with Crippen molar-refractivity contribution in [3.8, 4) is 11.5 Å². The molecule has 0 aliphatic rings. The summed E-state index contributed by atoms with van der Waals surface area (Å²) in [6, 6.07) is 5.17. The number of methoxy groups -OCH3 is 2. The van der Waals surface area contributed by atoms with Gasteiger partial charge in [-0.25, -0.2) is 0 Å². The van der Waals surface area contributed by atoms with Crippen molar-refractivity contribution in [3.05, 3.63) is 23.8 Å². The zero-order valence-electron chi connectivity index (χ0n) is 13.3. The van der Waals surface area contributed by atoms with E-state index in [0.29, 0.717) is 30.2 Å². The molecule has 0 fully saturated rings. The fourth-order valence-corrected chi connectivity index (χ4v) is 1.96. The lowest BCUT2D eigenvalue weighted by atomic mass is 9.93. The summed E-state index contributed by atoms with van der Waals surface area (Å²) in [6.07, 6.45) is 0. The average Bonchev–Trinajstić information content (AvgIpc) is 2.45. The predicted molar refractivity (Wildman–Crippen MR) is 86.6 cm³/mol. The Kier molecular flexibility index (Phi) is 7.53. The molecule has 0 unspecified atom stereocenters. The van der Waals surface area contributed by atoms with Gasteiger partial charge in [0.25, 0.3) is 5.91 Å². The molecule has 120 valence electrons. The normalized spacial score (nSPS) is 10.6. The molecule has 2 N–H and O–H groups in total. The van der Waals surface area contributed by atoms with Crippen LogP contribution in [0.1, 0.15) is 24.2 Å². The van der Waals surface area contributed by atoms with Gasteiger partial charge in [-0.1, -0.05) is 13.8 Å². The van der Waals surface area contributed by atoms with E-state index >= 15 is 0 Å². The molecule has 6 heteroatoms. The molecule has 5 nitrogen and oxygen atoms in total. The van der Waals surface area contributed by atoms with Gasteiger partial charge in [0.15, 0.2) is 0 Å². The number of hydrogen-bond acceptors (Lipinski definition) is 4. The van der Waals surface area contributed by atoms with Crippen molar-refractivity contribution in [3.63, 3.8) is 0 Å². The van der Waals surface area contributed by atoms with Gasteiger partial charge in [-0.3, -0.25) is 4.79 Å². The van der Waals surface area contributed by atoms with Gasteiger partial charge in [0.1, 0.15) is 11.5 Å². The molecule has 1 aromatic rings. The van der Waals surface area contributed by atoms with Gasteiger partial charge in [-0.2, -0.15) is 0 Å². The second-order valence-electron chi connectivity index (χ2n) is 5.60. The molecule has 0 atom stereocenters. The van der Waals surface area contributed by atoms with Crippen LogP contribution in [-0.4, -0.2) is 45.2 Å². The molecule has 0 aromatic heterocycles. The van der Waals surface area contributed by atoms with E-state index in [0.717, 1.165) is 0 Å². The maximum Gasteiger partial charge on any atom is 0.257 e. The number of nitrogens with two attached hydrogens (primary N) is 1. The molecule has 0 aliphatic carbocycles. The molecule has 0 bridgehead atoms. The topological polar surface area (TPSA) is 64.8 Å². The Bertz CT molecular complexity index is 478. The fourth-order valence-electron chi connectivity index (χ4n) is 1.96. The van der Waals surface area contributed by atoms with Gasteiger partial charge in [0.05, 0.1) is 19.8 Å². The van der Waals surface area contributed by atoms with E-state index in [1.165, 1.54) is 7.11 Å². The number of carbonyl (C=O) groups is 1. The first-order valence-corrected chi connectivity index (χ1v) is 6.52. The molecule has 1 amide bonds. The van der Waals surface area contributed by atoms with E-state index in [-0.39, 0.29) is 23.7 Å². The van der Waals surface area contributed by atoms with E-state index in [2.05, 4.69) is 0 Å². The molecule has 0 saturated carbocycles. The van der Waals surface area contributed by atoms with Crippen molar-refractivity contribution in [2.45, 2.75) is 13.8 Å². The Balaban J connectivity index is 0.00000400. The van der Waals surface area contributed by atoms with E-state index in [1.54, 1.807) is 37.3 Å². The number of amides is 1. The Morgan fingerprint density at radius 2 is 1.90 bits per heavy atom. The third kappa shape index (κ3) is 5.10. The number of halogens is 1. The van der Waals surface area contributed by atoms with Gasteiger partial charge in [-0.05, 0) is 24.1 Å². The van der Waals surface area contributed by atoms with E-state index in [1.807, 2.05) is 13.8 Å². The van der Waals surface area contributed by atoms with Crippen LogP contribution >= 0.6 is 12.4 Å². The molecule has 1 rings (SSSR count). The van der Waals surface area contributed by atoms with E-state index in [9.17, 15) is 4.79 Å². The summed E-state index contributed by atoms with van der Waals surface area (Å²) < 4.78 is 10.4. The molecule has 0 spiro atoms. The van der Waals surface area contributed by atoms with Crippen LogP contribution in [0.2, 0.25) is 0 Å². The quantitative estimate of drug-likeness (QED) is 0.873. The van der Waals surface area contributed by atoms with Crippen molar-refractivity contribution in [1.29, 1.82) is 0 Å². The van der Waals surface area contributed by atoms with Gasteiger partial charge < -0.3 is 20.1 Å². The highest BCUT2D eigenvalue weighted by Gasteiger charge is 2.23. The second kappa shape index (κ2) is 8.10. The fraction of sp³-hybridized carbons (Fsp3) is 0.533. The predicted octanol–water partition coefficient (Wildman–Crippen LogP) is 2.18. The minimum atomic E-state index is -0.121. The van der Waals surface area contributed by atoms with Crippen LogP contribution in [0.15, 0.2) is 18.2 Å². The van der Waals surface area contributed by atoms with Gasteiger partial charge in [0, 0.05) is 19.7 Å². The molecular formula is C15H25ClN2O3. The SMILES string of the molecule is COc1ccc(C(=O)N(C)CC(C)(C)CN)c(OC)c1.Cl. The zero-order valence-corrected chi connectivity index (χ0v) is 14.1. The standard InChI is InChI=1S/C15H24N2O3.ClH/c1-15(2,9-16)10-17(3)14(18)12-7-6-11(19-4)8-13(12)20-5;/h6-8H,9-10,16H2,1-5H3;1H. The van der Waals surface area contributed by atoms with Crippen LogP contribution in [-0.2, 0) is 0 Å². The Labute approximate surface area is 132 Å². The first-order chi connectivity index (χ1) is 9.34. The maximum atomic E-state index is 12.5. The largest absolute Gasteiger partial charge is 0.497 e. The molecule has 21 heavy (non-hydrogen) atoms. The Morgan fingerprint density at radius 1 is 1.29 bits per heavy atom. The van der Waals surface area contributed by atoms with Crippen LogP contribution in [0.4, 0.5) is 0 Å². The van der Waals surface area contributed by atoms with Crippen LogP contribution < -0.4 is 15.2 Å². The summed E-state index contributed by atoms with van der Waals surface area (Å²) in [4.78, 5) is 14.1. The second-order valence-corrected chi connectivity index (χ2v) is 5.60. The Hall–Kier alpha value is -1.46. The maximum absolute atomic E-state index is 12.5. The first-order valence-electron chi connectivity index (χ1n) is 6.52. The van der Waals surface area contributed by atoms with Crippen molar-refractivity contribution >= 4 is 18.3 Å². The van der Waals surface area contributed by atoms with Crippen LogP contribution in [0, 0.1) is 5.41 Å². The van der Waals surface area contributed by atoms with Crippen molar-refractivity contribution < 1.29 is 14.3 Å². The highest BCUT2D eigenvalue weighted by atomic mass is 35.5. The van der Waals surface area contributed by atoms with Crippen LogP contribution in [0.25, 0.3) is 0 Å². The summed E-state index contributed by atoms with van der Waals surface area (Å²) in [5.74, 6) is 1.07. The minimum Gasteiger partial charge on any atom is -0.497 e. The van der Waals surface area contributed by atoms with Gasteiger partial charge >= 0.3 is 0 Å². The zero-order chi connectivity index (χ0) is 15.3. The number of nitrogens with zero attached hydrogens (tertiary/aromatic N) is 1. The summed E-state index contributed by atoms with van der Waals surface area (Å²) in [5.41, 5.74) is 6.10. The molecule has 1 aromatic carbocycles. The lowest BCUT2D eigenvalue weighted by Gasteiger charge is -2.29. The van der Waals surface area contributed by atoms with Crippen LogP contribution in [0.5, 0.6) is 11.5 Å². The van der Waals surface area contributed by atoms with Crippen molar-refractivity contribution in [2.75, 3.05) is 34.4 Å². The molecule has 0 radical (unpaired) electrons. The minimum absolute atomic E-state index is 0. The van der Waals surface area contributed by atoms with Gasteiger partial charge in [-0.15, -0.1) is 12.4 Å². The number of hydrogen-bond donors (Lipinski definition) is 1. The number of carbonyl (C=O) groups excluding carboxylic acids is 1. The average molecular weight is 317 g/mol. The summed E-state index contributed by atoms with van der Waals surface area (Å²) in [5, 5.41) is 0. The van der Waals surface area contributed by atoms with E-state index in [4.69, 9.17) is 15.2 Å². The molecule has 0 aliphatic heterocycles. The highest BCUT2D eigenvalue weighted by Crippen LogP contribution is 2.26. The number of ether oxygens (including phenoxy) is 2. The summed E-state index contributed by atoms with van der Waals surface area (Å²) in [6.45, 7) is 5.16.